The summed E-state index contributed by atoms with van der Waals surface area (Å²) in [5.74, 6) is 0.249. The molecule has 10 heteroatoms. The molecule has 3 aromatic rings. The number of allylic oxidation sites excluding steroid dienone is 1. The number of piperazine rings is 1. The zero-order valence-corrected chi connectivity index (χ0v) is 17.6. The van der Waals surface area contributed by atoms with Gasteiger partial charge in [-0.1, -0.05) is 11.6 Å². The minimum absolute atomic E-state index is 0.0319. The average molecular weight is 455 g/mol. The highest BCUT2D eigenvalue weighted by Crippen LogP contribution is 2.40. The van der Waals surface area contributed by atoms with Crippen LogP contribution in [0.25, 0.3) is 17.1 Å². The minimum Gasteiger partial charge on any atom is -0.507 e. The van der Waals surface area contributed by atoms with Crippen molar-refractivity contribution in [2.75, 3.05) is 26.2 Å². The van der Waals surface area contributed by atoms with Crippen LogP contribution in [-0.2, 0) is 6.54 Å². The summed E-state index contributed by atoms with van der Waals surface area (Å²) in [5, 5.41) is 20.8. The minimum atomic E-state index is -0.938. The van der Waals surface area contributed by atoms with Crippen LogP contribution in [0.4, 0.5) is 4.79 Å². The number of halogens is 1. The van der Waals surface area contributed by atoms with E-state index in [1.165, 1.54) is 11.0 Å². The molecule has 2 aliphatic rings. The van der Waals surface area contributed by atoms with Gasteiger partial charge in [-0.05, 0) is 30.3 Å². The number of fused-ring (bicyclic) bond motifs is 2. The van der Waals surface area contributed by atoms with Gasteiger partial charge in [0.2, 0.25) is 5.78 Å². The van der Waals surface area contributed by atoms with Crippen molar-refractivity contribution in [3.63, 3.8) is 0 Å². The normalized spacial score (nSPS) is 17.7. The zero-order chi connectivity index (χ0) is 22.4. The molecule has 1 amide bonds. The van der Waals surface area contributed by atoms with E-state index in [1.54, 1.807) is 24.4 Å². The zero-order valence-electron chi connectivity index (χ0n) is 16.8. The number of hydrogen-bond donors (Lipinski definition) is 3. The van der Waals surface area contributed by atoms with E-state index < -0.39 is 6.09 Å². The molecule has 2 aromatic heterocycles. The van der Waals surface area contributed by atoms with Crippen LogP contribution < -0.4 is 4.74 Å². The molecule has 164 valence electrons. The van der Waals surface area contributed by atoms with Crippen molar-refractivity contribution in [1.29, 1.82) is 0 Å². The number of ether oxygens (including phenoxy) is 1. The van der Waals surface area contributed by atoms with E-state index in [0.717, 1.165) is 10.9 Å². The van der Waals surface area contributed by atoms with E-state index in [-0.39, 0.29) is 17.3 Å². The average Bonchev–Trinajstić information content (AvgIpc) is 3.31. The van der Waals surface area contributed by atoms with Crippen LogP contribution in [-0.4, -0.2) is 68.0 Å². The number of pyridine rings is 1. The molecule has 0 bridgehead atoms. The summed E-state index contributed by atoms with van der Waals surface area (Å²) in [6.45, 7) is 2.16. The van der Waals surface area contributed by atoms with Gasteiger partial charge < -0.3 is 24.8 Å². The summed E-state index contributed by atoms with van der Waals surface area (Å²) in [5.41, 5.74) is 2.23. The molecule has 0 aliphatic carbocycles. The van der Waals surface area contributed by atoms with Gasteiger partial charge in [0, 0.05) is 49.9 Å². The van der Waals surface area contributed by atoms with Crippen LogP contribution in [0.1, 0.15) is 21.5 Å². The fourth-order valence-corrected chi connectivity index (χ4v) is 4.18. The van der Waals surface area contributed by atoms with E-state index in [4.69, 9.17) is 21.4 Å². The lowest BCUT2D eigenvalue weighted by Crippen LogP contribution is -2.47. The number of ketones is 1. The van der Waals surface area contributed by atoms with E-state index >= 15 is 0 Å². The lowest BCUT2D eigenvalue weighted by molar-refractivity contribution is 0.101. The van der Waals surface area contributed by atoms with E-state index in [1.807, 2.05) is 11.0 Å². The Morgan fingerprint density at radius 2 is 2.00 bits per heavy atom. The summed E-state index contributed by atoms with van der Waals surface area (Å²) in [6.07, 6.45) is 2.43. The molecule has 32 heavy (non-hydrogen) atoms. The van der Waals surface area contributed by atoms with E-state index in [0.29, 0.717) is 60.4 Å². The third-order valence-corrected chi connectivity index (χ3v) is 5.97. The first-order valence-corrected chi connectivity index (χ1v) is 10.4. The maximum absolute atomic E-state index is 13.0. The molecule has 9 nitrogen and oxygen atoms in total. The molecule has 1 fully saturated rings. The van der Waals surface area contributed by atoms with Gasteiger partial charge in [-0.3, -0.25) is 9.69 Å². The van der Waals surface area contributed by atoms with Gasteiger partial charge in [0.15, 0.2) is 5.76 Å². The number of Topliss-reactive ketones (excluding diaryl/α,β-unsaturated/α-hetero) is 1. The molecule has 0 radical (unpaired) electrons. The van der Waals surface area contributed by atoms with Crippen LogP contribution in [0.3, 0.4) is 0 Å². The summed E-state index contributed by atoms with van der Waals surface area (Å²) in [7, 11) is 0. The molecule has 0 unspecified atom stereocenters. The molecule has 0 saturated carbocycles. The third kappa shape index (κ3) is 3.55. The topological polar surface area (TPSA) is 119 Å². The Hall–Kier alpha value is -3.56. The standard InChI is InChI=1S/C22H19ClN4O5/c23-18-4-2-13-12(10-24-21(13)25-18)9-17-19(29)14-1-3-16(28)15(20(14)32-17)11-26-5-7-27(8-6-26)22(30)31/h1-4,9-10,28H,5-8,11H2,(H,24,25)(H,30,31). The fraction of sp³-hybridized carbons (Fsp3) is 0.227. The van der Waals surface area contributed by atoms with Crippen molar-refractivity contribution in [2.45, 2.75) is 6.54 Å². The number of phenols is 1. The van der Waals surface area contributed by atoms with Crippen LogP contribution in [0, 0.1) is 0 Å². The first kappa shape index (κ1) is 20.3. The predicted octanol–water partition coefficient (Wildman–Crippen LogP) is 3.33. The Morgan fingerprint density at radius 3 is 2.75 bits per heavy atom. The van der Waals surface area contributed by atoms with E-state index in [2.05, 4.69) is 9.97 Å². The van der Waals surface area contributed by atoms with Gasteiger partial charge in [-0.15, -0.1) is 0 Å². The molecule has 5 rings (SSSR count). The highest BCUT2D eigenvalue weighted by molar-refractivity contribution is 6.29. The van der Waals surface area contributed by atoms with Gasteiger partial charge in [-0.2, -0.15) is 0 Å². The number of aromatic hydroxyl groups is 1. The number of nitrogens with one attached hydrogen (secondary N) is 1. The number of rotatable bonds is 3. The van der Waals surface area contributed by atoms with Crippen LogP contribution >= 0.6 is 11.6 Å². The molecule has 1 saturated heterocycles. The molecule has 1 aromatic carbocycles. The predicted molar refractivity (Wildman–Crippen MR) is 117 cm³/mol. The Labute approximate surface area is 187 Å². The second-order valence-corrected chi connectivity index (χ2v) is 8.09. The van der Waals surface area contributed by atoms with Gasteiger partial charge in [0.05, 0.1) is 11.1 Å². The van der Waals surface area contributed by atoms with Gasteiger partial charge in [0.1, 0.15) is 22.3 Å². The van der Waals surface area contributed by atoms with E-state index in [9.17, 15) is 14.7 Å². The highest BCUT2D eigenvalue weighted by Gasteiger charge is 2.32. The first-order valence-electron chi connectivity index (χ1n) is 10.0. The largest absolute Gasteiger partial charge is 0.507 e. The van der Waals surface area contributed by atoms with Crippen molar-refractivity contribution in [2.24, 2.45) is 0 Å². The van der Waals surface area contributed by atoms with Crippen molar-refractivity contribution >= 4 is 40.6 Å². The Balaban J connectivity index is 1.42. The van der Waals surface area contributed by atoms with Crippen molar-refractivity contribution in [3.8, 4) is 11.5 Å². The lowest BCUT2D eigenvalue weighted by Gasteiger charge is -2.33. The lowest BCUT2D eigenvalue weighted by atomic mass is 10.0. The number of phenolic OH excluding ortho intramolecular Hbond substituents is 1. The van der Waals surface area contributed by atoms with Crippen molar-refractivity contribution in [3.05, 3.63) is 58.1 Å². The van der Waals surface area contributed by atoms with Crippen LogP contribution in [0.2, 0.25) is 5.15 Å². The fourth-order valence-electron chi connectivity index (χ4n) is 4.03. The smallest absolute Gasteiger partial charge is 0.407 e. The number of carbonyl (C=O) groups excluding carboxylic acids is 1. The Kier molecular flexibility index (Phi) is 4.99. The van der Waals surface area contributed by atoms with Crippen molar-refractivity contribution < 1.29 is 24.5 Å². The molecule has 0 atom stereocenters. The molecular weight excluding hydrogens is 436 g/mol. The number of benzene rings is 1. The molecular formula is C22H19ClN4O5. The highest BCUT2D eigenvalue weighted by atomic mass is 35.5. The number of aromatic nitrogens is 2. The Morgan fingerprint density at radius 1 is 1.22 bits per heavy atom. The number of amides is 1. The van der Waals surface area contributed by atoms with Crippen molar-refractivity contribution in [1.82, 2.24) is 19.8 Å². The second kappa shape index (κ2) is 7.85. The number of carboxylic acid groups (broad SMARTS) is 1. The third-order valence-electron chi connectivity index (χ3n) is 5.76. The Bertz CT molecular complexity index is 1280. The summed E-state index contributed by atoms with van der Waals surface area (Å²) < 4.78 is 5.94. The summed E-state index contributed by atoms with van der Waals surface area (Å²) in [4.78, 5) is 34.7. The molecule has 4 heterocycles. The van der Waals surface area contributed by atoms with Crippen LogP contribution in [0.15, 0.2) is 36.2 Å². The van der Waals surface area contributed by atoms with Gasteiger partial charge in [-0.25, -0.2) is 9.78 Å². The van der Waals surface area contributed by atoms with Crippen LogP contribution in [0.5, 0.6) is 11.5 Å². The molecule has 3 N–H and O–H groups in total. The van der Waals surface area contributed by atoms with Gasteiger partial charge in [0.25, 0.3) is 0 Å². The quantitative estimate of drug-likeness (QED) is 0.410. The molecule has 2 aliphatic heterocycles. The SMILES string of the molecule is O=C1C(=Cc2c[nH]c3nc(Cl)ccc23)Oc2c1ccc(O)c2CN1CCN(C(=O)O)CC1. The number of nitrogens with zero attached hydrogens (tertiary/aromatic N) is 3. The monoisotopic (exact) mass is 454 g/mol. The number of carbonyl (C=O) groups is 2. The second-order valence-electron chi connectivity index (χ2n) is 7.70. The number of H-pyrrole nitrogens is 1. The number of aromatic amines is 1. The summed E-state index contributed by atoms with van der Waals surface area (Å²) >= 11 is 5.93. The van der Waals surface area contributed by atoms with Gasteiger partial charge >= 0.3 is 6.09 Å². The molecule has 0 spiro atoms. The number of hydrogen-bond acceptors (Lipinski definition) is 6. The summed E-state index contributed by atoms with van der Waals surface area (Å²) in [6, 6.07) is 6.53. The maximum Gasteiger partial charge on any atom is 0.407 e. The first-order chi connectivity index (χ1) is 15.4. The maximum atomic E-state index is 13.0.